The number of hydrogen-bond donors (Lipinski definition) is 1. The first-order chi connectivity index (χ1) is 12.9. The van der Waals surface area contributed by atoms with Crippen molar-refractivity contribution in [3.8, 4) is 0 Å². The Morgan fingerprint density at radius 1 is 1.04 bits per heavy atom. The molecule has 0 aromatic carbocycles. The van der Waals surface area contributed by atoms with Crippen molar-refractivity contribution >= 4 is 5.82 Å². The third-order valence-corrected chi connectivity index (χ3v) is 4.93. The van der Waals surface area contributed by atoms with Crippen LogP contribution in [0, 0.1) is 5.92 Å². The Balaban J connectivity index is 1.40. The zero-order valence-corrected chi connectivity index (χ0v) is 15.0. The summed E-state index contributed by atoms with van der Waals surface area (Å²) >= 11 is 0. The van der Waals surface area contributed by atoms with Crippen LogP contribution in [0.5, 0.6) is 0 Å². The minimum Gasteiger partial charge on any atom is -0.370 e. The van der Waals surface area contributed by atoms with Gasteiger partial charge in [0.1, 0.15) is 5.82 Å². The fourth-order valence-corrected chi connectivity index (χ4v) is 3.69. The van der Waals surface area contributed by atoms with Gasteiger partial charge in [0, 0.05) is 63.2 Å². The quantitative estimate of drug-likeness (QED) is 0.742. The molecule has 0 spiro atoms. The molecule has 1 unspecified atom stereocenters. The van der Waals surface area contributed by atoms with Crippen LogP contribution in [0.3, 0.4) is 0 Å². The second-order valence-electron chi connectivity index (χ2n) is 6.98. The van der Waals surface area contributed by atoms with Crippen molar-refractivity contribution in [3.63, 3.8) is 0 Å². The van der Waals surface area contributed by atoms with Gasteiger partial charge in [-0.25, -0.2) is 4.98 Å². The van der Waals surface area contributed by atoms with E-state index in [0.29, 0.717) is 5.92 Å². The maximum absolute atomic E-state index is 4.34. The van der Waals surface area contributed by atoms with Gasteiger partial charge in [-0.1, -0.05) is 12.1 Å². The lowest BCUT2D eigenvalue weighted by molar-refractivity contribution is 0.217. The first kappa shape index (κ1) is 16.8. The van der Waals surface area contributed by atoms with Gasteiger partial charge in [0.25, 0.3) is 0 Å². The molecule has 0 radical (unpaired) electrons. The highest BCUT2D eigenvalue weighted by atomic mass is 15.2. The summed E-state index contributed by atoms with van der Waals surface area (Å²) in [7, 11) is 0. The van der Waals surface area contributed by atoms with Gasteiger partial charge in [-0.05, 0) is 48.2 Å². The molecule has 5 heteroatoms. The molecule has 4 heterocycles. The van der Waals surface area contributed by atoms with Gasteiger partial charge in [-0.2, -0.15) is 0 Å². The van der Waals surface area contributed by atoms with E-state index in [1.165, 1.54) is 11.3 Å². The van der Waals surface area contributed by atoms with E-state index >= 15 is 0 Å². The van der Waals surface area contributed by atoms with Gasteiger partial charge in [-0.3, -0.25) is 9.88 Å². The molecule has 0 fully saturated rings. The molecule has 134 valence electrons. The van der Waals surface area contributed by atoms with E-state index in [1.807, 2.05) is 42.9 Å². The van der Waals surface area contributed by atoms with E-state index in [9.17, 15) is 0 Å². The highest BCUT2D eigenvalue weighted by Gasteiger charge is 2.21. The average Bonchev–Trinajstić information content (AvgIpc) is 3.03. The predicted molar refractivity (Wildman–Crippen MR) is 104 cm³/mol. The van der Waals surface area contributed by atoms with Gasteiger partial charge >= 0.3 is 0 Å². The third kappa shape index (κ3) is 4.29. The topological polar surface area (TPSA) is 46.0 Å². The van der Waals surface area contributed by atoms with Crippen molar-refractivity contribution < 1.29 is 0 Å². The number of nitrogens with one attached hydrogen (secondary N) is 1. The lowest BCUT2D eigenvalue weighted by Crippen LogP contribution is -2.28. The number of pyridine rings is 2. The molecule has 1 N–H and O–H groups in total. The maximum Gasteiger partial charge on any atom is 0.125 e. The molecule has 0 saturated carbocycles. The summed E-state index contributed by atoms with van der Waals surface area (Å²) in [5.41, 5.74) is 2.67. The summed E-state index contributed by atoms with van der Waals surface area (Å²) in [6, 6.07) is 14.6. The minimum atomic E-state index is 0.608. The Hall–Kier alpha value is -2.66. The molecule has 1 aliphatic rings. The molecular weight excluding hydrogens is 322 g/mol. The monoisotopic (exact) mass is 347 g/mol. The van der Waals surface area contributed by atoms with E-state index < -0.39 is 0 Å². The second-order valence-corrected chi connectivity index (χ2v) is 6.98. The van der Waals surface area contributed by atoms with Crippen molar-refractivity contribution in [2.45, 2.75) is 26.1 Å². The molecule has 3 aromatic heterocycles. The molecule has 3 aromatic rings. The van der Waals surface area contributed by atoms with E-state index in [-0.39, 0.29) is 0 Å². The molecule has 0 aliphatic carbocycles. The van der Waals surface area contributed by atoms with Crippen LogP contribution in [0.1, 0.15) is 17.7 Å². The Bertz CT molecular complexity index is 800. The highest BCUT2D eigenvalue weighted by molar-refractivity contribution is 5.32. The fraction of sp³-hybridized carbons (Fsp3) is 0.333. The van der Waals surface area contributed by atoms with Gasteiger partial charge in [-0.15, -0.1) is 0 Å². The van der Waals surface area contributed by atoms with Crippen LogP contribution in [0.15, 0.2) is 67.3 Å². The number of nitrogens with zero attached hydrogens (tertiary/aromatic N) is 4. The van der Waals surface area contributed by atoms with Crippen molar-refractivity contribution in [1.29, 1.82) is 0 Å². The highest BCUT2D eigenvalue weighted by Crippen LogP contribution is 2.21. The molecule has 1 atom stereocenters. The van der Waals surface area contributed by atoms with Crippen molar-refractivity contribution in [3.05, 3.63) is 78.5 Å². The third-order valence-electron chi connectivity index (χ3n) is 4.93. The van der Waals surface area contributed by atoms with Crippen LogP contribution < -0.4 is 5.32 Å². The Kier molecular flexibility index (Phi) is 5.26. The minimum absolute atomic E-state index is 0.608. The first-order valence-corrected chi connectivity index (χ1v) is 9.27. The number of anilines is 1. The van der Waals surface area contributed by atoms with Crippen LogP contribution in [0.25, 0.3) is 0 Å². The van der Waals surface area contributed by atoms with Crippen molar-refractivity contribution in [2.24, 2.45) is 5.92 Å². The normalized spacial score (nSPS) is 17.5. The van der Waals surface area contributed by atoms with E-state index in [1.54, 1.807) is 0 Å². The fourth-order valence-electron chi connectivity index (χ4n) is 3.69. The summed E-state index contributed by atoms with van der Waals surface area (Å²) < 4.78 is 2.41. The zero-order valence-electron chi connectivity index (χ0n) is 15.0. The lowest BCUT2D eigenvalue weighted by Gasteiger charge is -2.24. The van der Waals surface area contributed by atoms with Crippen LogP contribution in [0.4, 0.5) is 5.82 Å². The van der Waals surface area contributed by atoms with E-state index in [2.05, 4.69) is 49.1 Å². The summed E-state index contributed by atoms with van der Waals surface area (Å²) in [4.78, 5) is 11.1. The predicted octanol–water partition coefficient (Wildman–Crippen LogP) is 3.41. The molecule has 4 rings (SSSR count). The van der Waals surface area contributed by atoms with Gasteiger partial charge in [0.05, 0.1) is 0 Å². The van der Waals surface area contributed by atoms with Crippen LogP contribution in [0.2, 0.25) is 0 Å². The summed E-state index contributed by atoms with van der Waals surface area (Å²) in [5.74, 6) is 1.56. The maximum atomic E-state index is 4.34. The second kappa shape index (κ2) is 8.15. The molecule has 0 bridgehead atoms. The van der Waals surface area contributed by atoms with Crippen LogP contribution in [-0.2, 0) is 19.6 Å². The standard InChI is InChI=1S/C21H25N5/c1-2-10-23-21(7-1)24-11-8-19-15-25(14-18-5-3-9-22-13-18)17-20-6-4-12-26(20)16-19/h1-7,9-10,12-13,19H,8,11,14-17H2,(H,23,24). The number of fused-ring (bicyclic) bond motifs is 1. The average molecular weight is 347 g/mol. The Morgan fingerprint density at radius 2 is 2.04 bits per heavy atom. The largest absolute Gasteiger partial charge is 0.370 e. The summed E-state index contributed by atoms with van der Waals surface area (Å²) in [6.07, 6.45) is 8.97. The first-order valence-electron chi connectivity index (χ1n) is 9.27. The SMILES string of the molecule is c1ccc(NCCC2CN(Cc3cccnc3)Cc3cccn3C2)nc1. The van der Waals surface area contributed by atoms with Crippen molar-refractivity contribution in [1.82, 2.24) is 19.4 Å². The molecule has 26 heavy (non-hydrogen) atoms. The molecule has 5 nitrogen and oxygen atoms in total. The zero-order chi connectivity index (χ0) is 17.6. The number of hydrogen-bond acceptors (Lipinski definition) is 4. The lowest BCUT2D eigenvalue weighted by atomic mass is 10.0. The molecular formula is C21H25N5. The van der Waals surface area contributed by atoms with Gasteiger partial charge in [0.15, 0.2) is 0 Å². The Labute approximate surface area is 154 Å². The number of rotatable bonds is 6. The van der Waals surface area contributed by atoms with Gasteiger partial charge < -0.3 is 9.88 Å². The van der Waals surface area contributed by atoms with Crippen molar-refractivity contribution in [2.75, 3.05) is 18.4 Å². The van der Waals surface area contributed by atoms with Gasteiger partial charge in [0.2, 0.25) is 0 Å². The summed E-state index contributed by atoms with van der Waals surface area (Å²) in [5, 5.41) is 3.45. The van der Waals surface area contributed by atoms with E-state index in [4.69, 9.17) is 0 Å². The van der Waals surface area contributed by atoms with Crippen LogP contribution >= 0.6 is 0 Å². The molecule has 1 aliphatic heterocycles. The Morgan fingerprint density at radius 3 is 2.88 bits per heavy atom. The smallest absolute Gasteiger partial charge is 0.125 e. The van der Waals surface area contributed by atoms with Crippen LogP contribution in [-0.4, -0.2) is 32.5 Å². The molecule has 0 amide bonds. The molecule has 0 saturated heterocycles. The number of aromatic nitrogens is 3. The van der Waals surface area contributed by atoms with E-state index in [0.717, 1.165) is 45.0 Å². The summed E-state index contributed by atoms with van der Waals surface area (Å²) in [6.45, 7) is 5.06.